The molecule has 0 atom stereocenters. The predicted molar refractivity (Wildman–Crippen MR) is 72.3 cm³/mol. The Hall–Kier alpha value is -2.20. The van der Waals surface area contributed by atoms with E-state index in [1.807, 2.05) is 35.0 Å². The number of nitrogens with zero attached hydrogens (tertiary/aromatic N) is 2. The van der Waals surface area contributed by atoms with Gasteiger partial charge in [-0.25, -0.2) is 9.37 Å². The van der Waals surface area contributed by atoms with Crippen LogP contribution in [0.2, 0.25) is 0 Å². The highest BCUT2D eigenvalue weighted by atomic mass is 19.1. The van der Waals surface area contributed by atoms with Gasteiger partial charge in [-0.15, -0.1) is 0 Å². The maximum Gasteiger partial charge on any atom is 0.137 e. The van der Waals surface area contributed by atoms with E-state index in [9.17, 15) is 4.39 Å². The van der Waals surface area contributed by atoms with Crippen molar-refractivity contribution in [1.29, 1.82) is 0 Å². The highest BCUT2D eigenvalue weighted by Gasteiger charge is 2.06. The smallest absolute Gasteiger partial charge is 0.137 e. The van der Waals surface area contributed by atoms with Gasteiger partial charge in [0.05, 0.1) is 5.69 Å². The van der Waals surface area contributed by atoms with Crippen LogP contribution in [0, 0.1) is 5.82 Å². The Bertz CT molecular complexity index is 718. The minimum absolute atomic E-state index is 0.192. The average Bonchev–Trinajstić information content (AvgIpc) is 2.82. The van der Waals surface area contributed by atoms with Crippen LogP contribution in [-0.2, 0) is 13.0 Å². The second kappa shape index (κ2) is 4.82. The summed E-state index contributed by atoms with van der Waals surface area (Å²) in [7, 11) is 0. The van der Waals surface area contributed by atoms with Crippen LogP contribution < -0.4 is 5.73 Å². The minimum atomic E-state index is -0.192. The van der Waals surface area contributed by atoms with Gasteiger partial charge in [-0.3, -0.25) is 0 Å². The topological polar surface area (TPSA) is 43.3 Å². The number of hydrogen-bond donors (Lipinski definition) is 1. The van der Waals surface area contributed by atoms with Gasteiger partial charge in [0.1, 0.15) is 11.5 Å². The van der Waals surface area contributed by atoms with Crippen molar-refractivity contribution in [3.05, 3.63) is 71.4 Å². The normalized spacial score (nSPS) is 11.1. The lowest BCUT2D eigenvalue weighted by Gasteiger charge is -1.98. The van der Waals surface area contributed by atoms with Gasteiger partial charge in [0.25, 0.3) is 0 Å². The van der Waals surface area contributed by atoms with Gasteiger partial charge in [0.2, 0.25) is 0 Å². The first-order valence-corrected chi connectivity index (χ1v) is 6.16. The largest absolute Gasteiger partial charge is 0.326 e. The zero-order valence-corrected chi connectivity index (χ0v) is 10.4. The standard InChI is InChI=1S/C15H14FN3/c16-14-4-2-1-3-12(14)8-13-10-19-6-5-11(9-17)7-15(19)18-13/h1-7,10H,8-9,17H2. The fourth-order valence-electron chi connectivity index (χ4n) is 2.13. The van der Waals surface area contributed by atoms with E-state index in [1.165, 1.54) is 6.07 Å². The van der Waals surface area contributed by atoms with Crippen LogP contribution in [0.25, 0.3) is 5.65 Å². The predicted octanol–water partition coefficient (Wildman–Crippen LogP) is 2.52. The molecule has 2 aromatic heterocycles. The summed E-state index contributed by atoms with van der Waals surface area (Å²) >= 11 is 0. The number of benzene rings is 1. The summed E-state index contributed by atoms with van der Waals surface area (Å²) in [5.41, 5.74) is 8.99. The Labute approximate surface area is 110 Å². The average molecular weight is 255 g/mol. The molecule has 0 saturated heterocycles. The van der Waals surface area contributed by atoms with E-state index in [1.54, 1.807) is 12.1 Å². The van der Waals surface area contributed by atoms with Crippen LogP contribution >= 0.6 is 0 Å². The van der Waals surface area contributed by atoms with E-state index >= 15 is 0 Å². The minimum Gasteiger partial charge on any atom is -0.326 e. The monoisotopic (exact) mass is 255 g/mol. The summed E-state index contributed by atoms with van der Waals surface area (Å²) in [5, 5.41) is 0. The van der Waals surface area contributed by atoms with Crippen molar-refractivity contribution in [3.63, 3.8) is 0 Å². The van der Waals surface area contributed by atoms with E-state index in [0.29, 0.717) is 18.5 Å². The molecule has 96 valence electrons. The molecule has 0 aliphatic rings. The molecule has 0 spiro atoms. The van der Waals surface area contributed by atoms with Crippen molar-refractivity contribution >= 4 is 5.65 Å². The summed E-state index contributed by atoms with van der Waals surface area (Å²) in [5.74, 6) is -0.192. The number of imidazole rings is 1. The van der Waals surface area contributed by atoms with Gasteiger partial charge >= 0.3 is 0 Å². The number of hydrogen-bond acceptors (Lipinski definition) is 2. The van der Waals surface area contributed by atoms with Gasteiger partial charge < -0.3 is 10.1 Å². The van der Waals surface area contributed by atoms with Gasteiger partial charge in [0, 0.05) is 25.4 Å². The molecular weight excluding hydrogens is 241 g/mol. The Morgan fingerprint density at radius 1 is 1.21 bits per heavy atom. The Balaban J connectivity index is 1.95. The van der Waals surface area contributed by atoms with Crippen molar-refractivity contribution < 1.29 is 4.39 Å². The number of pyridine rings is 1. The molecule has 0 fully saturated rings. The quantitative estimate of drug-likeness (QED) is 0.781. The van der Waals surface area contributed by atoms with Crippen LogP contribution in [0.15, 0.2) is 48.8 Å². The molecule has 1 aromatic carbocycles. The van der Waals surface area contributed by atoms with E-state index in [-0.39, 0.29) is 5.82 Å². The molecule has 3 aromatic rings. The maximum absolute atomic E-state index is 13.6. The highest BCUT2D eigenvalue weighted by molar-refractivity contribution is 5.43. The molecule has 3 nitrogen and oxygen atoms in total. The first kappa shape index (κ1) is 11.9. The Morgan fingerprint density at radius 2 is 2.05 bits per heavy atom. The lowest BCUT2D eigenvalue weighted by molar-refractivity contribution is 0.613. The third-order valence-electron chi connectivity index (χ3n) is 3.14. The van der Waals surface area contributed by atoms with E-state index < -0.39 is 0 Å². The summed E-state index contributed by atoms with van der Waals surface area (Å²) < 4.78 is 15.5. The molecule has 0 bridgehead atoms. The second-order valence-corrected chi connectivity index (χ2v) is 4.51. The van der Waals surface area contributed by atoms with Crippen molar-refractivity contribution in [3.8, 4) is 0 Å². The maximum atomic E-state index is 13.6. The summed E-state index contributed by atoms with van der Waals surface area (Å²) in [6.07, 6.45) is 4.34. The molecule has 0 aliphatic carbocycles. The van der Waals surface area contributed by atoms with E-state index in [0.717, 1.165) is 16.9 Å². The molecule has 0 radical (unpaired) electrons. The molecule has 19 heavy (non-hydrogen) atoms. The first-order valence-electron chi connectivity index (χ1n) is 6.16. The molecule has 2 N–H and O–H groups in total. The van der Waals surface area contributed by atoms with Gasteiger partial charge in [-0.05, 0) is 29.3 Å². The summed E-state index contributed by atoms with van der Waals surface area (Å²) in [6.45, 7) is 0.492. The molecular formula is C15H14FN3. The van der Waals surface area contributed by atoms with Crippen molar-refractivity contribution in [2.45, 2.75) is 13.0 Å². The third-order valence-corrected chi connectivity index (χ3v) is 3.14. The lowest BCUT2D eigenvalue weighted by atomic mass is 10.1. The van der Waals surface area contributed by atoms with Crippen LogP contribution in [0.5, 0.6) is 0 Å². The van der Waals surface area contributed by atoms with Gasteiger partial charge in [-0.2, -0.15) is 0 Å². The number of halogens is 1. The van der Waals surface area contributed by atoms with Crippen LogP contribution in [0.1, 0.15) is 16.8 Å². The molecule has 0 amide bonds. The zero-order chi connectivity index (χ0) is 13.2. The molecule has 0 unspecified atom stereocenters. The first-order chi connectivity index (χ1) is 9.26. The van der Waals surface area contributed by atoms with Crippen LogP contribution in [0.4, 0.5) is 4.39 Å². The van der Waals surface area contributed by atoms with E-state index in [4.69, 9.17) is 5.73 Å². The second-order valence-electron chi connectivity index (χ2n) is 4.51. The third kappa shape index (κ3) is 2.35. The molecule has 0 aliphatic heterocycles. The number of aromatic nitrogens is 2. The van der Waals surface area contributed by atoms with Gasteiger partial charge in [-0.1, -0.05) is 18.2 Å². The van der Waals surface area contributed by atoms with Crippen molar-refractivity contribution in [1.82, 2.24) is 9.38 Å². The lowest BCUT2D eigenvalue weighted by Crippen LogP contribution is -1.96. The SMILES string of the molecule is NCc1ccn2cc(Cc3ccccc3F)nc2c1. The van der Waals surface area contributed by atoms with Crippen molar-refractivity contribution in [2.24, 2.45) is 5.73 Å². The molecule has 3 rings (SSSR count). The summed E-state index contributed by atoms with van der Waals surface area (Å²) in [6, 6.07) is 10.7. The van der Waals surface area contributed by atoms with Crippen LogP contribution in [0.3, 0.4) is 0 Å². The zero-order valence-electron chi connectivity index (χ0n) is 10.4. The van der Waals surface area contributed by atoms with Gasteiger partial charge in [0.15, 0.2) is 0 Å². The number of fused-ring (bicyclic) bond motifs is 1. The Kier molecular flexibility index (Phi) is 3.01. The molecule has 4 heteroatoms. The van der Waals surface area contributed by atoms with Crippen molar-refractivity contribution in [2.75, 3.05) is 0 Å². The van der Waals surface area contributed by atoms with Crippen LogP contribution in [-0.4, -0.2) is 9.38 Å². The number of rotatable bonds is 3. The molecule has 2 heterocycles. The Morgan fingerprint density at radius 3 is 2.84 bits per heavy atom. The number of nitrogens with two attached hydrogens (primary N) is 1. The fraction of sp³-hybridized carbons (Fsp3) is 0.133. The summed E-state index contributed by atoms with van der Waals surface area (Å²) in [4.78, 5) is 4.50. The fourth-order valence-corrected chi connectivity index (χ4v) is 2.13. The highest BCUT2D eigenvalue weighted by Crippen LogP contribution is 2.14. The van der Waals surface area contributed by atoms with E-state index in [2.05, 4.69) is 4.98 Å². The molecule has 0 saturated carbocycles.